The van der Waals surface area contributed by atoms with Crippen LogP contribution in [0.3, 0.4) is 0 Å². The molecule has 116 valence electrons. The largest absolute Gasteiger partial charge is 0.490 e. The molecule has 1 aromatic rings. The zero-order chi connectivity index (χ0) is 15.2. The summed E-state index contributed by atoms with van der Waals surface area (Å²) in [4.78, 5) is 14.5. The Labute approximate surface area is 125 Å². The minimum atomic E-state index is -0.480. The Morgan fingerprint density at radius 2 is 2.33 bits per heavy atom. The topological polar surface area (TPSA) is 41.6 Å². The van der Waals surface area contributed by atoms with E-state index in [1.807, 2.05) is 11.9 Å². The van der Waals surface area contributed by atoms with Gasteiger partial charge in [0.2, 0.25) is 0 Å². The molecule has 2 rings (SSSR count). The maximum Gasteiger partial charge on any atom is 0.257 e. The molecule has 5 heteroatoms. The third kappa shape index (κ3) is 3.73. The second-order valence-electron chi connectivity index (χ2n) is 5.37. The van der Waals surface area contributed by atoms with Crippen LogP contribution in [0.1, 0.15) is 30.1 Å². The summed E-state index contributed by atoms with van der Waals surface area (Å²) in [6, 6.07) is 4.51. The van der Waals surface area contributed by atoms with Crippen molar-refractivity contribution in [3.63, 3.8) is 0 Å². The van der Waals surface area contributed by atoms with Crippen molar-refractivity contribution in [2.24, 2.45) is 5.92 Å². The summed E-state index contributed by atoms with van der Waals surface area (Å²) >= 11 is 0. The van der Waals surface area contributed by atoms with E-state index in [1.165, 1.54) is 6.07 Å². The predicted molar refractivity (Wildman–Crippen MR) is 80.1 cm³/mol. The first kappa shape index (κ1) is 15.8. The van der Waals surface area contributed by atoms with Crippen molar-refractivity contribution in [3.05, 3.63) is 29.6 Å². The van der Waals surface area contributed by atoms with E-state index >= 15 is 0 Å². The van der Waals surface area contributed by atoms with Crippen molar-refractivity contribution in [2.45, 2.75) is 19.8 Å². The van der Waals surface area contributed by atoms with Gasteiger partial charge in [0, 0.05) is 13.1 Å². The van der Waals surface area contributed by atoms with Gasteiger partial charge in [0.15, 0.2) is 11.6 Å². The number of para-hydroxylation sites is 1. The van der Waals surface area contributed by atoms with Gasteiger partial charge in [-0.2, -0.15) is 0 Å². The van der Waals surface area contributed by atoms with Crippen LogP contribution in [0.2, 0.25) is 0 Å². The van der Waals surface area contributed by atoms with Crippen LogP contribution < -0.4 is 10.1 Å². The number of halogens is 1. The third-order valence-corrected chi connectivity index (χ3v) is 3.79. The number of piperidine rings is 1. The summed E-state index contributed by atoms with van der Waals surface area (Å²) in [6.07, 6.45) is 2.10. The lowest BCUT2D eigenvalue weighted by atomic mass is 9.97. The average molecular weight is 294 g/mol. The van der Waals surface area contributed by atoms with E-state index in [4.69, 9.17) is 4.74 Å². The number of carbonyl (C=O) groups is 1. The molecule has 1 aliphatic rings. The van der Waals surface area contributed by atoms with Crippen LogP contribution in [0.25, 0.3) is 0 Å². The van der Waals surface area contributed by atoms with Crippen molar-refractivity contribution < 1.29 is 13.9 Å². The van der Waals surface area contributed by atoms with Gasteiger partial charge in [-0.25, -0.2) is 4.39 Å². The van der Waals surface area contributed by atoms with Crippen LogP contribution in [0.4, 0.5) is 4.39 Å². The zero-order valence-corrected chi connectivity index (χ0v) is 12.7. The molecule has 1 saturated heterocycles. The first-order valence-electron chi connectivity index (χ1n) is 7.52. The van der Waals surface area contributed by atoms with Gasteiger partial charge >= 0.3 is 0 Å². The highest BCUT2D eigenvalue weighted by atomic mass is 19.1. The highest BCUT2D eigenvalue weighted by Crippen LogP contribution is 2.26. The summed E-state index contributed by atoms with van der Waals surface area (Å²) in [5.41, 5.74) is 0.321. The predicted octanol–water partition coefficient (Wildman–Crippen LogP) is 2.30. The number of nitrogens with zero attached hydrogens (tertiary/aromatic N) is 1. The molecule has 1 unspecified atom stereocenters. The van der Waals surface area contributed by atoms with Crippen molar-refractivity contribution in [1.29, 1.82) is 0 Å². The monoisotopic (exact) mass is 294 g/mol. The Kier molecular flexibility index (Phi) is 5.56. The van der Waals surface area contributed by atoms with E-state index in [0.717, 1.165) is 25.9 Å². The van der Waals surface area contributed by atoms with E-state index in [-0.39, 0.29) is 11.7 Å². The van der Waals surface area contributed by atoms with Crippen molar-refractivity contribution in [3.8, 4) is 5.75 Å². The zero-order valence-electron chi connectivity index (χ0n) is 12.7. The van der Waals surface area contributed by atoms with E-state index in [0.29, 0.717) is 24.6 Å². The molecule has 21 heavy (non-hydrogen) atoms. The van der Waals surface area contributed by atoms with Gasteiger partial charge in [-0.15, -0.1) is 0 Å². The molecule has 1 aromatic carbocycles. The fraction of sp³-hybridized carbons (Fsp3) is 0.562. The van der Waals surface area contributed by atoms with E-state index in [2.05, 4.69) is 5.32 Å². The van der Waals surface area contributed by atoms with Gasteiger partial charge in [-0.1, -0.05) is 6.07 Å². The summed E-state index contributed by atoms with van der Waals surface area (Å²) in [5.74, 6) is -0.0946. The van der Waals surface area contributed by atoms with Gasteiger partial charge in [0.1, 0.15) is 0 Å². The van der Waals surface area contributed by atoms with E-state index in [9.17, 15) is 9.18 Å². The molecule has 0 radical (unpaired) electrons. The standard InChI is InChI=1S/C16H23FN2O2/c1-3-21-15-13(7-4-8-14(15)17)16(20)19-9-5-6-12(11-19)10-18-2/h4,7-8,12,18H,3,5-6,9-11H2,1-2H3. The summed E-state index contributed by atoms with van der Waals surface area (Å²) in [7, 11) is 1.92. The molecule has 0 saturated carbocycles. The second kappa shape index (κ2) is 7.41. The lowest BCUT2D eigenvalue weighted by molar-refractivity contribution is 0.0669. The molecule has 0 spiro atoms. The van der Waals surface area contributed by atoms with Crippen LogP contribution in [0, 0.1) is 11.7 Å². The first-order chi connectivity index (χ1) is 10.2. The molecule has 1 aliphatic heterocycles. The van der Waals surface area contributed by atoms with Crippen LogP contribution in [0.5, 0.6) is 5.75 Å². The fourth-order valence-corrected chi connectivity index (χ4v) is 2.84. The smallest absolute Gasteiger partial charge is 0.257 e. The highest BCUT2D eigenvalue weighted by Gasteiger charge is 2.26. The van der Waals surface area contributed by atoms with Crippen LogP contribution in [-0.2, 0) is 0 Å². The molecule has 1 fully saturated rings. The van der Waals surface area contributed by atoms with Crippen molar-refractivity contribution >= 4 is 5.91 Å². The molecule has 1 heterocycles. The summed E-state index contributed by atoms with van der Waals surface area (Å²) < 4.78 is 19.2. The number of hydrogen-bond acceptors (Lipinski definition) is 3. The Morgan fingerprint density at radius 3 is 3.05 bits per heavy atom. The minimum Gasteiger partial charge on any atom is -0.490 e. The number of carbonyl (C=O) groups excluding carboxylic acids is 1. The molecule has 0 bridgehead atoms. The Bertz CT molecular complexity index is 491. The van der Waals surface area contributed by atoms with Crippen LogP contribution in [0.15, 0.2) is 18.2 Å². The SMILES string of the molecule is CCOc1c(F)cccc1C(=O)N1CCCC(CNC)C1. The van der Waals surface area contributed by atoms with Gasteiger partial charge in [-0.05, 0) is 51.4 Å². The molecule has 0 aliphatic carbocycles. The van der Waals surface area contributed by atoms with Crippen molar-refractivity contribution in [2.75, 3.05) is 33.3 Å². The number of ether oxygens (including phenoxy) is 1. The Balaban J connectivity index is 2.17. The molecule has 1 amide bonds. The third-order valence-electron chi connectivity index (χ3n) is 3.79. The normalized spacial score (nSPS) is 18.6. The molecule has 1 atom stereocenters. The fourth-order valence-electron chi connectivity index (χ4n) is 2.84. The van der Waals surface area contributed by atoms with Gasteiger partial charge in [0.25, 0.3) is 5.91 Å². The summed E-state index contributed by atoms with van der Waals surface area (Å²) in [6.45, 7) is 4.45. The Morgan fingerprint density at radius 1 is 1.52 bits per heavy atom. The van der Waals surface area contributed by atoms with Crippen LogP contribution in [-0.4, -0.2) is 44.1 Å². The quantitative estimate of drug-likeness (QED) is 0.906. The number of hydrogen-bond donors (Lipinski definition) is 1. The van der Waals surface area contributed by atoms with E-state index in [1.54, 1.807) is 19.1 Å². The Hall–Kier alpha value is -1.62. The summed E-state index contributed by atoms with van der Waals surface area (Å²) in [5, 5.41) is 3.15. The average Bonchev–Trinajstić information content (AvgIpc) is 2.49. The second-order valence-corrected chi connectivity index (χ2v) is 5.37. The van der Waals surface area contributed by atoms with Gasteiger partial charge in [-0.3, -0.25) is 4.79 Å². The minimum absolute atomic E-state index is 0.0701. The first-order valence-corrected chi connectivity index (χ1v) is 7.52. The van der Waals surface area contributed by atoms with E-state index < -0.39 is 5.82 Å². The molecule has 4 nitrogen and oxygen atoms in total. The number of likely N-dealkylation sites (tertiary alicyclic amines) is 1. The maximum absolute atomic E-state index is 13.9. The number of rotatable bonds is 5. The highest BCUT2D eigenvalue weighted by molar-refractivity contribution is 5.97. The van der Waals surface area contributed by atoms with Gasteiger partial charge in [0.05, 0.1) is 12.2 Å². The van der Waals surface area contributed by atoms with Gasteiger partial charge < -0.3 is 15.0 Å². The number of nitrogens with one attached hydrogen (secondary N) is 1. The molecular formula is C16H23FN2O2. The number of benzene rings is 1. The molecular weight excluding hydrogens is 271 g/mol. The van der Waals surface area contributed by atoms with Crippen LogP contribution >= 0.6 is 0 Å². The molecule has 0 aromatic heterocycles. The lowest BCUT2D eigenvalue weighted by Crippen LogP contribution is -2.42. The molecule has 1 N–H and O–H groups in total. The van der Waals surface area contributed by atoms with Crippen molar-refractivity contribution in [1.82, 2.24) is 10.2 Å². The lowest BCUT2D eigenvalue weighted by Gasteiger charge is -2.33. The number of amides is 1. The maximum atomic E-state index is 13.9.